The molecule has 0 fully saturated rings. The van der Waals surface area contributed by atoms with Crippen LogP contribution in [0, 0.1) is 3.57 Å². The number of hydrogen-bond donors (Lipinski definition) is 0. The minimum Gasteiger partial charge on any atom is -0.435 e. The molecule has 0 spiro atoms. The molecule has 1 aromatic carbocycles. The van der Waals surface area contributed by atoms with Crippen LogP contribution in [-0.4, -0.2) is 6.61 Å². The van der Waals surface area contributed by atoms with Crippen LogP contribution in [0.2, 0.25) is 0 Å². The second-order valence-electron chi connectivity index (χ2n) is 3.21. The second-order valence-corrected chi connectivity index (χ2v) is 4.29. The van der Waals surface area contributed by atoms with Gasteiger partial charge in [-0.3, -0.25) is 0 Å². The SMILES string of the molecule is FC(F)Oc1cc(C(F)(F)F)c(I)c(C(F)(F)F)c1. The maximum absolute atomic E-state index is 12.5. The van der Waals surface area contributed by atoms with Gasteiger partial charge >= 0.3 is 19.0 Å². The van der Waals surface area contributed by atoms with Crippen LogP contribution >= 0.6 is 22.6 Å². The maximum Gasteiger partial charge on any atom is 0.417 e. The molecule has 0 N–H and O–H groups in total. The Labute approximate surface area is 114 Å². The predicted octanol–water partition coefficient (Wildman–Crippen LogP) is 4.93. The Morgan fingerprint density at radius 3 is 1.53 bits per heavy atom. The van der Waals surface area contributed by atoms with Crippen LogP contribution in [0.25, 0.3) is 0 Å². The normalized spacial score (nSPS) is 12.9. The third kappa shape index (κ3) is 4.08. The van der Waals surface area contributed by atoms with Crippen molar-refractivity contribution in [2.45, 2.75) is 19.0 Å². The molecule has 19 heavy (non-hydrogen) atoms. The van der Waals surface area contributed by atoms with E-state index in [1.54, 1.807) is 0 Å². The molecular weight excluding hydrogens is 403 g/mol. The molecule has 0 aliphatic carbocycles. The highest BCUT2D eigenvalue weighted by Gasteiger charge is 2.41. The van der Waals surface area contributed by atoms with Gasteiger partial charge in [-0.1, -0.05) is 0 Å². The molecule has 0 radical (unpaired) electrons. The molecule has 0 bridgehead atoms. The molecule has 0 saturated heterocycles. The quantitative estimate of drug-likeness (QED) is 0.500. The van der Waals surface area contributed by atoms with E-state index in [0.29, 0.717) is 0 Å². The fourth-order valence-corrected chi connectivity index (χ4v) is 2.10. The zero-order valence-electron chi connectivity index (χ0n) is 8.54. The van der Waals surface area contributed by atoms with Crippen LogP contribution < -0.4 is 4.74 Å². The fourth-order valence-electron chi connectivity index (χ4n) is 1.18. The van der Waals surface area contributed by atoms with Gasteiger partial charge in [0.15, 0.2) is 0 Å². The van der Waals surface area contributed by atoms with E-state index < -0.39 is 39.4 Å². The summed E-state index contributed by atoms with van der Waals surface area (Å²) in [6.07, 6.45) is -10.2. The third-order valence-corrected chi connectivity index (χ3v) is 3.04. The van der Waals surface area contributed by atoms with Crippen molar-refractivity contribution < 1.29 is 39.9 Å². The summed E-state index contributed by atoms with van der Waals surface area (Å²) in [5.74, 6) is -1.20. The average molecular weight is 406 g/mol. The molecule has 0 atom stereocenters. The fraction of sp³-hybridized carbons (Fsp3) is 0.333. The Balaban J connectivity index is 3.48. The molecule has 1 aromatic rings. The van der Waals surface area contributed by atoms with Crippen LogP contribution in [0.1, 0.15) is 11.1 Å². The number of ether oxygens (including phenoxy) is 1. The molecule has 108 valence electrons. The number of hydrogen-bond acceptors (Lipinski definition) is 1. The summed E-state index contributed by atoms with van der Waals surface area (Å²) in [5.41, 5.74) is -3.36. The highest BCUT2D eigenvalue weighted by atomic mass is 127. The van der Waals surface area contributed by atoms with Crippen molar-refractivity contribution in [2.24, 2.45) is 0 Å². The van der Waals surface area contributed by atoms with Gasteiger partial charge in [0.2, 0.25) is 0 Å². The molecule has 1 nitrogen and oxygen atoms in total. The Kier molecular flexibility index (Phi) is 4.52. The van der Waals surface area contributed by atoms with Crippen molar-refractivity contribution in [3.63, 3.8) is 0 Å². The maximum atomic E-state index is 12.5. The van der Waals surface area contributed by atoms with Crippen molar-refractivity contribution >= 4 is 22.6 Å². The molecule has 0 saturated carbocycles. The van der Waals surface area contributed by atoms with Crippen molar-refractivity contribution in [3.8, 4) is 5.75 Å². The lowest BCUT2D eigenvalue weighted by atomic mass is 10.1. The van der Waals surface area contributed by atoms with E-state index in [2.05, 4.69) is 4.74 Å². The summed E-state index contributed by atoms with van der Waals surface area (Å²) in [6, 6.07) is 0.201. The third-order valence-electron chi connectivity index (χ3n) is 1.88. The van der Waals surface area contributed by atoms with Gasteiger partial charge in [0.05, 0.1) is 11.1 Å². The van der Waals surface area contributed by atoms with Gasteiger partial charge in [-0.25, -0.2) is 0 Å². The van der Waals surface area contributed by atoms with Crippen LogP contribution in [0.15, 0.2) is 12.1 Å². The molecule has 10 heteroatoms. The molecule has 0 heterocycles. The first-order valence-corrected chi connectivity index (χ1v) is 5.43. The Hall–Kier alpha value is -0.810. The van der Waals surface area contributed by atoms with Crippen LogP contribution in [-0.2, 0) is 12.4 Å². The number of alkyl halides is 8. The monoisotopic (exact) mass is 406 g/mol. The average Bonchev–Trinajstić information content (AvgIpc) is 2.16. The van der Waals surface area contributed by atoms with Gasteiger partial charge in [-0.2, -0.15) is 35.1 Å². The van der Waals surface area contributed by atoms with Gasteiger partial charge in [-0.05, 0) is 34.7 Å². The van der Waals surface area contributed by atoms with Gasteiger partial charge in [-0.15, -0.1) is 0 Å². The molecule has 0 aliphatic heterocycles. The van der Waals surface area contributed by atoms with E-state index in [1.165, 1.54) is 0 Å². The molecule has 0 unspecified atom stereocenters. The van der Waals surface area contributed by atoms with E-state index >= 15 is 0 Å². The van der Waals surface area contributed by atoms with Crippen molar-refractivity contribution in [3.05, 3.63) is 26.8 Å². The van der Waals surface area contributed by atoms with E-state index in [0.717, 1.165) is 22.6 Å². The summed E-state index contributed by atoms with van der Waals surface area (Å²) in [6.45, 7) is -3.53. The van der Waals surface area contributed by atoms with Gasteiger partial charge in [0.1, 0.15) is 5.75 Å². The van der Waals surface area contributed by atoms with E-state index in [1.807, 2.05) is 0 Å². The summed E-state index contributed by atoms with van der Waals surface area (Å²) in [5, 5.41) is 0. The second kappa shape index (κ2) is 5.29. The van der Waals surface area contributed by atoms with Gasteiger partial charge in [0.25, 0.3) is 0 Å². The lowest BCUT2D eigenvalue weighted by Crippen LogP contribution is -2.16. The molecule has 0 aliphatic rings. The first-order valence-electron chi connectivity index (χ1n) is 4.35. The highest BCUT2D eigenvalue weighted by molar-refractivity contribution is 14.1. The first kappa shape index (κ1) is 16.2. The standard InChI is InChI=1S/C9H3F8IO/c10-7(11)19-3-1-4(8(12,13)14)6(18)5(2-3)9(15,16)17/h1-2,7H. The Morgan fingerprint density at radius 1 is 0.895 bits per heavy atom. The first-order chi connectivity index (χ1) is 8.43. The smallest absolute Gasteiger partial charge is 0.417 e. The summed E-state index contributed by atoms with van der Waals surface area (Å²) >= 11 is 0.859. The number of rotatable bonds is 2. The van der Waals surface area contributed by atoms with E-state index in [9.17, 15) is 35.1 Å². The Morgan fingerprint density at radius 2 is 1.26 bits per heavy atom. The highest BCUT2D eigenvalue weighted by Crippen LogP contribution is 2.42. The van der Waals surface area contributed by atoms with Crippen molar-refractivity contribution in [2.75, 3.05) is 0 Å². The summed E-state index contributed by atoms with van der Waals surface area (Å²) in [7, 11) is 0. The van der Waals surface area contributed by atoms with E-state index in [4.69, 9.17) is 0 Å². The van der Waals surface area contributed by atoms with Crippen LogP contribution in [0.3, 0.4) is 0 Å². The molecule has 0 aromatic heterocycles. The van der Waals surface area contributed by atoms with Crippen LogP contribution in [0.4, 0.5) is 35.1 Å². The molecule has 1 rings (SSSR count). The predicted molar refractivity (Wildman–Crippen MR) is 55.8 cm³/mol. The summed E-state index contributed by atoms with van der Waals surface area (Å²) in [4.78, 5) is 0. The van der Waals surface area contributed by atoms with Gasteiger partial charge in [0, 0.05) is 3.57 Å². The van der Waals surface area contributed by atoms with Gasteiger partial charge < -0.3 is 4.74 Å². The molecule has 0 amide bonds. The number of benzene rings is 1. The zero-order valence-corrected chi connectivity index (χ0v) is 10.7. The lowest BCUT2D eigenvalue weighted by molar-refractivity contribution is -0.145. The topological polar surface area (TPSA) is 9.23 Å². The van der Waals surface area contributed by atoms with E-state index in [-0.39, 0.29) is 12.1 Å². The summed E-state index contributed by atoms with van der Waals surface area (Å²) < 4.78 is 101. The molecular formula is C9H3F8IO. The largest absolute Gasteiger partial charge is 0.435 e. The zero-order chi connectivity index (χ0) is 15.0. The van der Waals surface area contributed by atoms with Crippen LogP contribution in [0.5, 0.6) is 5.75 Å². The number of halogens is 9. The van der Waals surface area contributed by atoms with Crippen molar-refractivity contribution in [1.29, 1.82) is 0 Å². The minimum absolute atomic E-state index is 0.100. The minimum atomic E-state index is -5.11. The lowest BCUT2D eigenvalue weighted by Gasteiger charge is -2.17. The van der Waals surface area contributed by atoms with Crippen molar-refractivity contribution in [1.82, 2.24) is 0 Å². The Bertz CT molecular complexity index is 429.